The summed E-state index contributed by atoms with van der Waals surface area (Å²) >= 11 is 11.6. The maximum absolute atomic E-state index is 13.4. The lowest BCUT2D eigenvalue weighted by Gasteiger charge is -2.13. The summed E-state index contributed by atoms with van der Waals surface area (Å²) < 4.78 is 25.9. The third-order valence-electron chi connectivity index (χ3n) is 2.29. The molecule has 2 rings (SSSR count). The highest BCUT2D eigenvalue weighted by atomic mass is 35.5. The van der Waals surface area contributed by atoms with E-state index in [1.54, 1.807) is 0 Å². The van der Waals surface area contributed by atoms with Gasteiger partial charge < -0.3 is 5.11 Å². The first kappa shape index (κ1) is 13.1. The molecule has 1 aromatic heterocycles. The molecule has 1 N–H and O–H groups in total. The van der Waals surface area contributed by atoms with Crippen LogP contribution in [0.1, 0.15) is 17.2 Å². The Kier molecular flexibility index (Phi) is 3.75. The summed E-state index contributed by atoms with van der Waals surface area (Å²) in [5.74, 6) is -1.14. The Balaban J connectivity index is 2.44. The maximum Gasteiger partial charge on any atom is 0.311 e. The Hall–Kier alpha value is -1.30. The summed E-state index contributed by atoms with van der Waals surface area (Å²) in [5, 5.41) is 10.5. The number of aromatic nitrogens is 2. The zero-order chi connectivity index (χ0) is 13.3. The summed E-state index contributed by atoms with van der Waals surface area (Å²) in [6.45, 7) is 0. The van der Waals surface area contributed by atoms with Crippen LogP contribution in [0.15, 0.2) is 24.4 Å². The summed E-state index contributed by atoms with van der Waals surface area (Å²) in [4.78, 5) is 6.08. The van der Waals surface area contributed by atoms with E-state index in [2.05, 4.69) is 9.97 Å². The molecular weight excluding hydrogens is 285 g/mol. The van der Waals surface area contributed by atoms with Gasteiger partial charge in [-0.2, -0.15) is 13.8 Å². The Morgan fingerprint density at radius 2 is 1.89 bits per heavy atom. The van der Waals surface area contributed by atoms with E-state index in [0.29, 0.717) is 5.02 Å². The fraction of sp³-hybridized carbons (Fsp3) is 0.0909. The van der Waals surface area contributed by atoms with Crippen molar-refractivity contribution in [3.63, 3.8) is 0 Å². The molecule has 0 aliphatic carbocycles. The average molecular weight is 291 g/mol. The van der Waals surface area contributed by atoms with Crippen molar-refractivity contribution >= 4 is 23.2 Å². The molecule has 0 bridgehead atoms. The monoisotopic (exact) mass is 290 g/mol. The first-order valence-corrected chi connectivity index (χ1v) is 5.55. The molecule has 0 aliphatic heterocycles. The second-order valence-corrected chi connectivity index (χ2v) is 4.30. The smallest absolute Gasteiger partial charge is 0.311 e. The maximum atomic E-state index is 13.4. The van der Waals surface area contributed by atoms with Crippen molar-refractivity contribution in [3.8, 4) is 0 Å². The van der Waals surface area contributed by atoms with Gasteiger partial charge in [0, 0.05) is 21.8 Å². The first-order chi connectivity index (χ1) is 8.49. The molecule has 0 saturated carbocycles. The van der Waals surface area contributed by atoms with E-state index in [1.807, 2.05) is 0 Å². The highest BCUT2D eigenvalue weighted by molar-refractivity contribution is 6.35. The number of benzene rings is 1. The van der Waals surface area contributed by atoms with Crippen molar-refractivity contribution < 1.29 is 13.9 Å². The van der Waals surface area contributed by atoms with Gasteiger partial charge in [0.25, 0.3) is 0 Å². The molecule has 1 atom stereocenters. The van der Waals surface area contributed by atoms with Gasteiger partial charge >= 0.3 is 6.08 Å². The van der Waals surface area contributed by atoms with E-state index in [-0.39, 0.29) is 16.1 Å². The van der Waals surface area contributed by atoms with Crippen LogP contribution in [0.2, 0.25) is 10.0 Å². The highest BCUT2D eigenvalue weighted by Crippen LogP contribution is 2.30. The fourth-order valence-corrected chi connectivity index (χ4v) is 1.94. The number of nitrogens with zero attached hydrogens (tertiary/aromatic N) is 2. The number of rotatable bonds is 2. The van der Waals surface area contributed by atoms with Crippen LogP contribution < -0.4 is 0 Å². The van der Waals surface area contributed by atoms with Crippen molar-refractivity contribution in [1.82, 2.24) is 9.97 Å². The Morgan fingerprint density at radius 1 is 1.17 bits per heavy atom. The summed E-state index contributed by atoms with van der Waals surface area (Å²) in [6, 6.07) is 4.34. The van der Waals surface area contributed by atoms with E-state index >= 15 is 0 Å². The van der Waals surface area contributed by atoms with Gasteiger partial charge in [-0.25, -0.2) is 4.98 Å². The minimum absolute atomic E-state index is 0.165. The number of hydrogen-bond donors (Lipinski definition) is 1. The lowest BCUT2D eigenvalue weighted by molar-refractivity contribution is 0.212. The molecule has 18 heavy (non-hydrogen) atoms. The van der Waals surface area contributed by atoms with Crippen LogP contribution in [0.3, 0.4) is 0 Å². The molecule has 7 heteroatoms. The first-order valence-electron chi connectivity index (χ1n) is 4.80. The van der Waals surface area contributed by atoms with Gasteiger partial charge in [0.05, 0.1) is 5.56 Å². The van der Waals surface area contributed by atoms with Crippen LogP contribution in [0.5, 0.6) is 0 Å². The van der Waals surface area contributed by atoms with Crippen LogP contribution in [-0.4, -0.2) is 15.1 Å². The molecule has 1 unspecified atom stereocenters. The van der Waals surface area contributed by atoms with Gasteiger partial charge in [-0.15, -0.1) is 0 Å². The fourth-order valence-electron chi connectivity index (χ4n) is 1.42. The SMILES string of the molecule is OC(c1ccc(Cl)cc1Cl)c1cnc(F)nc1F. The molecule has 0 saturated heterocycles. The van der Waals surface area contributed by atoms with Crippen molar-refractivity contribution in [3.05, 3.63) is 57.6 Å². The molecule has 94 valence electrons. The van der Waals surface area contributed by atoms with Crippen molar-refractivity contribution in [2.75, 3.05) is 0 Å². The zero-order valence-corrected chi connectivity index (χ0v) is 10.3. The number of halogens is 4. The molecule has 0 radical (unpaired) electrons. The van der Waals surface area contributed by atoms with Gasteiger partial charge in [0.15, 0.2) is 0 Å². The van der Waals surface area contributed by atoms with Crippen LogP contribution in [0, 0.1) is 12.0 Å². The minimum atomic E-state index is -1.39. The second-order valence-electron chi connectivity index (χ2n) is 3.45. The van der Waals surface area contributed by atoms with Gasteiger partial charge in [0.2, 0.25) is 5.95 Å². The number of aliphatic hydroxyl groups excluding tert-OH is 1. The Morgan fingerprint density at radius 3 is 2.50 bits per heavy atom. The topological polar surface area (TPSA) is 46.0 Å². The number of hydrogen-bond acceptors (Lipinski definition) is 3. The molecule has 2 aromatic rings. The average Bonchev–Trinajstić information content (AvgIpc) is 2.28. The number of aliphatic hydroxyl groups is 1. The molecule has 1 aromatic carbocycles. The van der Waals surface area contributed by atoms with Crippen LogP contribution in [0.4, 0.5) is 8.78 Å². The molecule has 0 fully saturated rings. The van der Waals surface area contributed by atoms with Crippen LogP contribution in [0.25, 0.3) is 0 Å². The standard InChI is InChI=1S/C11H6Cl2F2N2O/c12-5-1-2-6(8(13)3-5)9(18)7-4-16-11(15)17-10(7)14/h1-4,9,18H. The van der Waals surface area contributed by atoms with Crippen LogP contribution in [-0.2, 0) is 0 Å². The lowest BCUT2D eigenvalue weighted by Crippen LogP contribution is -2.07. The second kappa shape index (κ2) is 5.14. The quantitative estimate of drug-likeness (QED) is 0.683. The normalized spacial score (nSPS) is 12.5. The largest absolute Gasteiger partial charge is 0.383 e. The minimum Gasteiger partial charge on any atom is -0.383 e. The third-order valence-corrected chi connectivity index (χ3v) is 2.85. The van der Waals surface area contributed by atoms with Gasteiger partial charge in [0.1, 0.15) is 6.10 Å². The third kappa shape index (κ3) is 2.58. The predicted octanol–water partition coefficient (Wildman–Crippen LogP) is 3.14. The van der Waals surface area contributed by atoms with E-state index in [0.717, 1.165) is 6.20 Å². The van der Waals surface area contributed by atoms with Crippen molar-refractivity contribution in [2.24, 2.45) is 0 Å². The van der Waals surface area contributed by atoms with E-state index in [1.165, 1.54) is 18.2 Å². The molecule has 0 spiro atoms. The summed E-state index contributed by atoms with van der Waals surface area (Å²) in [6.07, 6.45) is -1.73. The van der Waals surface area contributed by atoms with Crippen molar-refractivity contribution in [1.29, 1.82) is 0 Å². The van der Waals surface area contributed by atoms with E-state index in [9.17, 15) is 13.9 Å². The Bertz CT molecular complexity index is 544. The molecule has 0 amide bonds. The Labute approximate surface area is 111 Å². The van der Waals surface area contributed by atoms with E-state index in [4.69, 9.17) is 23.2 Å². The summed E-state index contributed by atoms with van der Waals surface area (Å²) in [7, 11) is 0. The summed E-state index contributed by atoms with van der Waals surface area (Å²) in [5.41, 5.74) is -0.0317. The predicted molar refractivity (Wildman–Crippen MR) is 62.5 cm³/mol. The van der Waals surface area contributed by atoms with Gasteiger partial charge in [-0.1, -0.05) is 29.3 Å². The van der Waals surface area contributed by atoms with E-state index < -0.39 is 18.1 Å². The van der Waals surface area contributed by atoms with Gasteiger partial charge in [-0.05, 0) is 12.1 Å². The highest BCUT2D eigenvalue weighted by Gasteiger charge is 2.19. The van der Waals surface area contributed by atoms with Crippen molar-refractivity contribution in [2.45, 2.75) is 6.10 Å². The molecule has 3 nitrogen and oxygen atoms in total. The van der Waals surface area contributed by atoms with Gasteiger partial charge in [-0.3, -0.25) is 0 Å². The molecule has 0 aliphatic rings. The van der Waals surface area contributed by atoms with Crippen LogP contribution >= 0.6 is 23.2 Å². The lowest BCUT2D eigenvalue weighted by atomic mass is 10.0. The zero-order valence-electron chi connectivity index (χ0n) is 8.74. The molecule has 1 heterocycles. The molecular formula is C11H6Cl2F2N2O.